The minimum absolute atomic E-state index is 0.375. The Kier molecular flexibility index (Phi) is 4.57. The normalized spacial score (nSPS) is 17.5. The molecule has 7 nitrogen and oxygen atoms in total. The summed E-state index contributed by atoms with van der Waals surface area (Å²) in [6.07, 6.45) is 6.29. The predicted octanol–water partition coefficient (Wildman–Crippen LogP) is 2.71. The van der Waals surface area contributed by atoms with Crippen LogP contribution >= 0.6 is 11.6 Å². The number of fused-ring (bicyclic) bond motifs is 1. The molecule has 0 amide bonds. The minimum atomic E-state index is -0.375. The summed E-state index contributed by atoms with van der Waals surface area (Å²) in [6.45, 7) is 1.33. The van der Waals surface area contributed by atoms with Gasteiger partial charge in [-0.25, -0.2) is 15.0 Å². The first-order valence-electron chi connectivity index (χ1n) is 8.40. The van der Waals surface area contributed by atoms with Gasteiger partial charge in [-0.3, -0.25) is 4.98 Å². The number of hydrogen-bond acceptors (Lipinski definition) is 7. The molecule has 1 aliphatic rings. The van der Waals surface area contributed by atoms with Crippen LogP contribution in [0.15, 0.2) is 30.7 Å². The number of aromatic nitrogens is 4. The number of piperidine rings is 1. The van der Waals surface area contributed by atoms with E-state index in [1.165, 1.54) is 0 Å². The van der Waals surface area contributed by atoms with Crippen molar-refractivity contribution in [2.75, 3.05) is 25.1 Å². The van der Waals surface area contributed by atoms with E-state index in [-0.39, 0.29) is 6.10 Å². The summed E-state index contributed by atoms with van der Waals surface area (Å²) in [7, 11) is 1.60. The molecule has 3 aromatic rings. The van der Waals surface area contributed by atoms with Crippen molar-refractivity contribution >= 4 is 28.3 Å². The molecule has 1 aliphatic heterocycles. The van der Waals surface area contributed by atoms with Gasteiger partial charge in [0.25, 0.3) is 0 Å². The third-order valence-electron chi connectivity index (χ3n) is 4.45. The molecular weight excluding hydrogens is 354 g/mol. The van der Waals surface area contributed by atoms with Crippen LogP contribution in [-0.2, 0) is 0 Å². The third-order valence-corrected chi connectivity index (χ3v) is 4.66. The Labute approximate surface area is 155 Å². The second kappa shape index (κ2) is 7.01. The highest BCUT2D eigenvalue weighted by Crippen LogP contribution is 2.34. The fourth-order valence-corrected chi connectivity index (χ4v) is 3.41. The molecule has 1 atom stereocenters. The van der Waals surface area contributed by atoms with E-state index in [9.17, 15) is 5.11 Å². The summed E-state index contributed by atoms with van der Waals surface area (Å²) in [5.41, 5.74) is 1.45. The average Bonchev–Trinajstić information content (AvgIpc) is 2.66. The molecule has 8 heteroatoms. The third kappa shape index (κ3) is 3.15. The first-order valence-corrected chi connectivity index (χ1v) is 8.78. The topological polar surface area (TPSA) is 84.3 Å². The quantitative estimate of drug-likeness (QED) is 0.708. The van der Waals surface area contributed by atoms with Crippen LogP contribution in [0.3, 0.4) is 0 Å². The minimum Gasteiger partial charge on any atom is -0.494 e. The van der Waals surface area contributed by atoms with E-state index in [2.05, 4.69) is 19.9 Å². The number of aliphatic hydroxyl groups is 1. The van der Waals surface area contributed by atoms with Gasteiger partial charge in [0.15, 0.2) is 5.82 Å². The fraction of sp³-hybridized carbons (Fsp3) is 0.333. The zero-order valence-electron chi connectivity index (χ0n) is 14.3. The maximum atomic E-state index is 10.1. The van der Waals surface area contributed by atoms with E-state index < -0.39 is 0 Å². The van der Waals surface area contributed by atoms with Gasteiger partial charge in [-0.05, 0) is 25.0 Å². The summed E-state index contributed by atoms with van der Waals surface area (Å²) in [5, 5.41) is 11.3. The van der Waals surface area contributed by atoms with Gasteiger partial charge in [0.2, 0.25) is 0 Å². The maximum absolute atomic E-state index is 10.1. The molecule has 4 heterocycles. The molecule has 0 saturated carbocycles. The number of β-amino-alcohol motifs (C(OH)–C–C–N with tert-alkyl or cyclic N) is 1. The number of methoxy groups -OCH3 is 1. The molecule has 0 aromatic carbocycles. The standard InChI is InChI=1S/C18H18ClN5O2/c1-26-14-9-20-8-13-16(14)18(24-6-2-3-12(25)10-24)23-17(22-13)11-4-5-21-15(19)7-11/h4-5,7-9,12,25H,2-3,6,10H2,1H3. The molecule has 4 rings (SSSR count). The maximum Gasteiger partial charge on any atom is 0.162 e. The largest absolute Gasteiger partial charge is 0.494 e. The number of hydrogen-bond donors (Lipinski definition) is 1. The molecule has 0 bridgehead atoms. The number of halogens is 1. The van der Waals surface area contributed by atoms with Crippen LogP contribution in [0.2, 0.25) is 5.15 Å². The second-order valence-electron chi connectivity index (χ2n) is 6.22. The van der Waals surface area contributed by atoms with Crippen molar-refractivity contribution in [2.45, 2.75) is 18.9 Å². The molecule has 1 unspecified atom stereocenters. The van der Waals surface area contributed by atoms with E-state index in [1.807, 2.05) is 6.07 Å². The first-order chi connectivity index (χ1) is 12.7. The molecule has 0 aliphatic carbocycles. The van der Waals surface area contributed by atoms with Crippen LogP contribution in [-0.4, -0.2) is 51.3 Å². The Balaban J connectivity index is 1.93. The summed E-state index contributed by atoms with van der Waals surface area (Å²) in [4.78, 5) is 19.7. The number of anilines is 1. The van der Waals surface area contributed by atoms with Gasteiger partial charge in [-0.1, -0.05) is 11.6 Å². The number of rotatable bonds is 3. The molecule has 3 aromatic heterocycles. The summed E-state index contributed by atoms with van der Waals surface area (Å²) < 4.78 is 5.49. The summed E-state index contributed by atoms with van der Waals surface area (Å²) >= 11 is 6.03. The highest BCUT2D eigenvalue weighted by Gasteiger charge is 2.24. The highest BCUT2D eigenvalue weighted by molar-refractivity contribution is 6.29. The van der Waals surface area contributed by atoms with Gasteiger partial charge in [-0.15, -0.1) is 0 Å². The van der Waals surface area contributed by atoms with Crippen LogP contribution in [0.4, 0.5) is 5.82 Å². The zero-order valence-corrected chi connectivity index (χ0v) is 15.0. The lowest BCUT2D eigenvalue weighted by Crippen LogP contribution is -2.39. The van der Waals surface area contributed by atoms with E-state index in [0.29, 0.717) is 28.8 Å². The van der Waals surface area contributed by atoms with Crippen molar-refractivity contribution in [3.63, 3.8) is 0 Å². The molecule has 0 radical (unpaired) electrons. The Morgan fingerprint density at radius 3 is 2.96 bits per heavy atom. The number of aliphatic hydroxyl groups excluding tert-OH is 1. The lowest BCUT2D eigenvalue weighted by Gasteiger charge is -2.32. The number of nitrogens with zero attached hydrogens (tertiary/aromatic N) is 5. The van der Waals surface area contributed by atoms with Crippen molar-refractivity contribution in [3.05, 3.63) is 35.9 Å². The smallest absolute Gasteiger partial charge is 0.162 e. The molecule has 134 valence electrons. The van der Waals surface area contributed by atoms with Crippen molar-refractivity contribution in [1.82, 2.24) is 19.9 Å². The Morgan fingerprint density at radius 1 is 1.31 bits per heavy atom. The van der Waals surface area contributed by atoms with Crippen LogP contribution in [0, 0.1) is 0 Å². The monoisotopic (exact) mass is 371 g/mol. The van der Waals surface area contributed by atoms with Gasteiger partial charge in [0.1, 0.15) is 16.7 Å². The van der Waals surface area contributed by atoms with Gasteiger partial charge in [0.05, 0.1) is 36.5 Å². The van der Waals surface area contributed by atoms with E-state index >= 15 is 0 Å². The van der Waals surface area contributed by atoms with E-state index in [4.69, 9.17) is 21.3 Å². The highest BCUT2D eigenvalue weighted by atomic mass is 35.5. The molecule has 26 heavy (non-hydrogen) atoms. The Morgan fingerprint density at radius 2 is 2.19 bits per heavy atom. The average molecular weight is 372 g/mol. The van der Waals surface area contributed by atoms with Crippen molar-refractivity contribution in [2.24, 2.45) is 0 Å². The van der Waals surface area contributed by atoms with Crippen molar-refractivity contribution < 1.29 is 9.84 Å². The number of ether oxygens (including phenoxy) is 1. The second-order valence-corrected chi connectivity index (χ2v) is 6.60. The zero-order chi connectivity index (χ0) is 18.1. The number of pyridine rings is 2. The van der Waals surface area contributed by atoms with Gasteiger partial charge in [0, 0.05) is 24.8 Å². The molecule has 1 fully saturated rings. The predicted molar refractivity (Wildman–Crippen MR) is 99.6 cm³/mol. The molecule has 0 spiro atoms. The van der Waals surface area contributed by atoms with Gasteiger partial charge >= 0.3 is 0 Å². The van der Waals surface area contributed by atoms with Crippen molar-refractivity contribution in [3.8, 4) is 17.1 Å². The van der Waals surface area contributed by atoms with Crippen molar-refractivity contribution in [1.29, 1.82) is 0 Å². The van der Waals surface area contributed by atoms with Gasteiger partial charge < -0.3 is 14.7 Å². The summed E-state index contributed by atoms with van der Waals surface area (Å²) in [6, 6.07) is 3.54. The van der Waals surface area contributed by atoms with Gasteiger partial charge in [-0.2, -0.15) is 0 Å². The SMILES string of the molecule is COc1cncc2nc(-c3ccnc(Cl)c3)nc(N3CCCC(O)C3)c12. The van der Waals surface area contributed by atoms with Crippen LogP contribution in [0.1, 0.15) is 12.8 Å². The van der Waals surface area contributed by atoms with Crippen LogP contribution < -0.4 is 9.64 Å². The molecular formula is C18H18ClN5O2. The first kappa shape index (κ1) is 16.9. The van der Waals surface area contributed by atoms with Crippen LogP contribution in [0.25, 0.3) is 22.3 Å². The van der Waals surface area contributed by atoms with Crippen LogP contribution in [0.5, 0.6) is 5.75 Å². The lowest BCUT2D eigenvalue weighted by molar-refractivity contribution is 0.154. The Hall–Kier alpha value is -2.51. The fourth-order valence-electron chi connectivity index (χ4n) is 3.24. The molecule has 1 N–H and O–H groups in total. The molecule has 1 saturated heterocycles. The summed E-state index contributed by atoms with van der Waals surface area (Å²) in [5.74, 6) is 1.87. The van der Waals surface area contributed by atoms with E-state index in [0.717, 1.165) is 36.2 Å². The Bertz CT molecular complexity index is 952. The lowest BCUT2D eigenvalue weighted by atomic mass is 10.1. The van der Waals surface area contributed by atoms with E-state index in [1.54, 1.807) is 31.8 Å².